The molecule has 3 rings (SSSR count). The maximum atomic E-state index is 12.7. The number of ether oxygens (including phenoxy) is 1. The van der Waals surface area contributed by atoms with Gasteiger partial charge >= 0.3 is 0 Å². The van der Waals surface area contributed by atoms with Gasteiger partial charge in [0.2, 0.25) is 4.77 Å². The lowest BCUT2D eigenvalue weighted by molar-refractivity contribution is 0.415. The van der Waals surface area contributed by atoms with Crippen LogP contribution in [-0.2, 0) is 5.41 Å². The van der Waals surface area contributed by atoms with Gasteiger partial charge in [0, 0.05) is 11.0 Å². The molecule has 1 N–H and O–H groups in total. The van der Waals surface area contributed by atoms with Gasteiger partial charge in [-0.25, -0.2) is 0 Å². The highest BCUT2D eigenvalue weighted by atomic mass is 32.1. The van der Waals surface area contributed by atoms with Gasteiger partial charge < -0.3 is 4.74 Å². The van der Waals surface area contributed by atoms with Crippen LogP contribution in [-0.4, -0.2) is 28.2 Å². The fourth-order valence-corrected chi connectivity index (χ4v) is 2.86. The van der Waals surface area contributed by atoms with Crippen LogP contribution in [0.4, 0.5) is 0 Å². The average molecular weight is 368 g/mol. The van der Waals surface area contributed by atoms with E-state index in [1.54, 1.807) is 13.3 Å². The van der Waals surface area contributed by atoms with Crippen molar-refractivity contribution in [2.75, 3.05) is 7.11 Å². The Bertz CT molecular complexity index is 1110. The van der Waals surface area contributed by atoms with Crippen molar-refractivity contribution < 1.29 is 4.74 Å². The van der Waals surface area contributed by atoms with Gasteiger partial charge in [0.1, 0.15) is 11.4 Å². The van der Waals surface area contributed by atoms with E-state index in [4.69, 9.17) is 17.0 Å². The minimum atomic E-state index is -0.426. The SMILES string of the molecule is COc1ccc2ccccc2c1/C=N\n1c(=S)[nH]nc(C(C)(C)C)c1=O. The Morgan fingerprint density at radius 2 is 1.96 bits per heavy atom. The van der Waals surface area contributed by atoms with Gasteiger partial charge in [-0.05, 0) is 29.1 Å². The third kappa shape index (κ3) is 3.30. The summed E-state index contributed by atoms with van der Waals surface area (Å²) in [6.45, 7) is 5.74. The van der Waals surface area contributed by atoms with Gasteiger partial charge in [-0.1, -0.05) is 51.1 Å². The van der Waals surface area contributed by atoms with Crippen LogP contribution in [0.15, 0.2) is 46.3 Å². The zero-order valence-corrected chi connectivity index (χ0v) is 15.9. The number of aromatic nitrogens is 3. The van der Waals surface area contributed by atoms with E-state index in [0.29, 0.717) is 11.4 Å². The maximum Gasteiger partial charge on any atom is 0.297 e. The van der Waals surface area contributed by atoms with E-state index in [1.165, 1.54) is 0 Å². The number of hydrogen-bond donors (Lipinski definition) is 1. The molecule has 1 aromatic heterocycles. The summed E-state index contributed by atoms with van der Waals surface area (Å²) in [7, 11) is 1.60. The first-order chi connectivity index (χ1) is 12.3. The average Bonchev–Trinajstić information content (AvgIpc) is 2.60. The Morgan fingerprint density at radius 3 is 2.65 bits per heavy atom. The summed E-state index contributed by atoms with van der Waals surface area (Å²) >= 11 is 5.19. The molecular formula is C19H20N4O2S. The van der Waals surface area contributed by atoms with Crippen molar-refractivity contribution >= 4 is 29.2 Å². The van der Waals surface area contributed by atoms with E-state index in [2.05, 4.69) is 15.3 Å². The van der Waals surface area contributed by atoms with Gasteiger partial charge in [0.15, 0.2) is 0 Å². The zero-order valence-electron chi connectivity index (χ0n) is 15.1. The standard InChI is InChI=1S/C19H20N4O2S/c1-19(2,3)16-17(24)23(18(26)22-21-16)20-11-14-13-8-6-5-7-12(13)9-10-15(14)25-4/h5-11H,1-4H3,(H,22,26)/b20-11-. The second-order valence-electron chi connectivity index (χ2n) is 6.89. The lowest BCUT2D eigenvalue weighted by Gasteiger charge is -2.16. The molecule has 3 aromatic rings. The number of hydrogen-bond acceptors (Lipinski definition) is 5. The van der Waals surface area contributed by atoms with E-state index in [0.717, 1.165) is 21.0 Å². The molecule has 0 saturated heterocycles. The quantitative estimate of drug-likeness (QED) is 0.566. The summed E-state index contributed by atoms with van der Waals surface area (Å²) in [4.78, 5) is 12.7. The molecule has 0 bridgehead atoms. The third-order valence-electron chi connectivity index (χ3n) is 4.01. The molecule has 0 unspecified atom stereocenters. The lowest BCUT2D eigenvalue weighted by atomic mass is 9.93. The molecule has 2 aromatic carbocycles. The molecule has 7 heteroatoms. The van der Waals surface area contributed by atoms with E-state index >= 15 is 0 Å². The molecule has 1 heterocycles. The Labute approximate surface area is 156 Å². The second kappa shape index (κ2) is 6.84. The number of nitrogens with zero attached hydrogens (tertiary/aromatic N) is 3. The first-order valence-electron chi connectivity index (χ1n) is 8.15. The van der Waals surface area contributed by atoms with Crippen LogP contribution in [0.1, 0.15) is 32.0 Å². The Hall–Kier alpha value is -2.80. The molecule has 26 heavy (non-hydrogen) atoms. The number of aromatic amines is 1. The summed E-state index contributed by atoms with van der Waals surface area (Å²) in [5.41, 5.74) is 0.385. The van der Waals surface area contributed by atoms with E-state index in [9.17, 15) is 4.79 Å². The molecule has 134 valence electrons. The molecule has 0 saturated carbocycles. The molecule has 0 aliphatic heterocycles. The molecule has 0 amide bonds. The molecule has 0 atom stereocenters. The molecule has 0 radical (unpaired) electrons. The number of H-pyrrole nitrogens is 1. The third-order valence-corrected chi connectivity index (χ3v) is 4.28. The molecule has 0 aliphatic carbocycles. The van der Waals surface area contributed by atoms with Gasteiger partial charge in [-0.2, -0.15) is 14.9 Å². The van der Waals surface area contributed by atoms with Gasteiger partial charge in [-0.3, -0.25) is 9.89 Å². The normalized spacial score (nSPS) is 12.0. The van der Waals surface area contributed by atoms with Crippen molar-refractivity contribution in [2.24, 2.45) is 5.10 Å². The smallest absolute Gasteiger partial charge is 0.297 e. The molecular weight excluding hydrogens is 348 g/mol. The topological polar surface area (TPSA) is 72.3 Å². The highest BCUT2D eigenvalue weighted by Crippen LogP contribution is 2.26. The van der Waals surface area contributed by atoms with E-state index < -0.39 is 5.41 Å². The predicted octanol–water partition coefficient (Wildman–Crippen LogP) is 3.64. The first kappa shape index (κ1) is 18.0. The molecule has 0 spiro atoms. The fourth-order valence-electron chi connectivity index (χ4n) is 2.69. The van der Waals surface area contributed by atoms with E-state index in [1.807, 2.05) is 57.2 Å². The highest BCUT2D eigenvalue weighted by Gasteiger charge is 2.21. The van der Waals surface area contributed by atoms with Crippen molar-refractivity contribution in [1.29, 1.82) is 0 Å². The number of rotatable bonds is 3. The lowest BCUT2D eigenvalue weighted by Crippen LogP contribution is -2.32. The van der Waals surface area contributed by atoms with Crippen molar-refractivity contribution in [3.63, 3.8) is 0 Å². The van der Waals surface area contributed by atoms with E-state index in [-0.39, 0.29) is 10.3 Å². The van der Waals surface area contributed by atoms with Crippen LogP contribution >= 0.6 is 12.2 Å². The van der Waals surface area contributed by atoms with Crippen molar-refractivity contribution in [3.05, 3.63) is 62.8 Å². The van der Waals surface area contributed by atoms with Crippen LogP contribution in [0.3, 0.4) is 0 Å². The predicted molar refractivity (Wildman–Crippen MR) is 106 cm³/mol. The monoisotopic (exact) mass is 368 g/mol. The Balaban J connectivity index is 2.20. The van der Waals surface area contributed by atoms with Crippen LogP contribution in [0.2, 0.25) is 0 Å². The van der Waals surface area contributed by atoms with Gasteiger partial charge in [-0.15, -0.1) is 0 Å². The van der Waals surface area contributed by atoms with Crippen LogP contribution in [0.5, 0.6) is 5.75 Å². The molecule has 0 aliphatic rings. The van der Waals surface area contributed by atoms with Crippen LogP contribution < -0.4 is 10.3 Å². The minimum absolute atomic E-state index is 0.137. The highest BCUT2D eigenvalue weighted by molar-refractivity contribution is 7.71. The fraction of sp³-hybridized carbons (Fsp3) is 0.263. The van der Waals surface area contributed by atoms with Gasteiger partial charge in [0.05, 0.1) is 13.3 Å². The summed E-state index contributed by atoms with van der Waals surface area (Å²) in [5, 5.41) is 13.1. The van der Waals surface area contributed by atoms with Crippen molar-refractivity contribution in [1.82, 2.24) is 14.9 Å². The number of nitrogens with one attached hydrogen (secondary N) is 1. The molecule has 6 nitrogen and oxygen atoms in total. The summed E-state index contributed by atoms with van der Waals surface area (Å²) in [6, 6.07) is 11.8. The first-order valence-corrected chi connectivity index (χ1v) is 8.56. The summed E-state index contributed by atoms with van der Waals surface area (Å²) < 4.78 is 6.75. The largest absolute Gasteiger partial charge is 0.496 e. The Morgan fingerprint density at radius 1 is 1.23 bits per heavy atom. The molecule has 0 fully saturated rings. The second-order valence-corrected chi connectivity index (χ2v) is 7.28. The van der Waals surface area contributed by atoms with Crippen molar-refractivity contribution in [3.8, 4) is 5.75 Å². The van der Waals surface area contributed by atoms with Crippen LogP contribution in [0, 0.1) is 4.77 Å². The zero-order chi connectivity index (χ0) is 18.9. The van der Waals surface area contributed by atoms with Gasteiger partial charge in [0.25, 0.3) is 5.56 Å². The number of fused-ring (bicyclic) bond motifs is 1. The summed E-state index contributed by atoms with van der Waals surface area (Å²) in [5.74, 6) is 0.667. The van der Waals surface area contributed by atoms with Crippen LogP contribution in [0.25, 0.3) is 10.8 Å². The summed E-state index contributed by atoms with van der Waals surface area (Å²) in [6.07, 6.45) is 1.60. The maximum absolute atomic E-state index is 12.7. The van der Waals surface area contributed by atoms with Crippen molar-refractivity contribution in [2.45, 2.75) is 26.2 Å². The number of benzene rings is 2. The number of methoxy groups -OCH3 is 1. The minimum Gasteiger partial charge on any atom is -0.496 e. The Kier molecular flexibility index (Phi) is 4.73.